The largest absolute Gasteiger partial charge is 0.495 e. The molecule has 0 saturated carbocycles. The fraction of sp³-hybridized carbons (Fsp3) is 0.522. The SMILES string of the molecule is CCNC(=NCC(C)(O)c1ccc(C)o1)NCC1CCN(c2ccccc2OC)C1. The zero-order valence-electron chi connectivity index (χ0n) is 18.4. The predicted molar refractivity (Wildman–Crippen MR) is 120 cm³/mol. The van der Waals surface area contributed by atoms with Gasteiger partial charge in [-0.2, -0.15) is 0 Å². The molecule has 1 fully saturated rings. The molecular weight excluding hydrogens is 380 g/mol. The zero-order chi connectivity index (χ0) is 21.6. The molecule has 0 radical (unpaired) electrons. The number of aryl methyl sites for hydroxylation is 1. The highest BCUT2D eigenvalue weighted by molar-refractivity contribution is 5.79. The van der Waals surface area contributed by atoms with Crippen LogP contribution in [0.2, 0.25) is 0 Å². The number of hydrogen-bond donors (Lipinski definition) is 3. The van der Waals surface area contributed by atoms with Crippen molar-refractivity contribution in [3.63, 3.8) is 0 Å². The third kappa shape index (κ3) is 5.48. The minimum atomic E-state index is -1.15. The fourth-order valence-corrected chi connectivity index (χ4v) is 3.73. The van der Waals surface area contributed by atoms with E-state index in [2.05, 4.69) is 26.6 Å². The van der Waals surface area contributed by atoms with Crippen molar-refractivity contribution in [1.29, 1.82) is 0 Å². The lowest BCUT2D eigenvalue weighted by molar-refractivity contribution is 0.0428. The van der Waals surface area contributed by atoms with Crippen molar-refractivity contribution in [3.8, 4) is 5.75 Å². The molecule has 1 aliphatic rings. The number of furan rings is 1. The smallest absolute Gasteiger partial charge is 0.191 e. The molecule has 1 saturated heterocycles. The number of aliphatic imine (C=N–C) groups is 1. The third-order valence-corrected chi connectivity index (χ3v) is 5.43. The van der Waals surface area contributed by atoms with E-state index >= 15 is 0 Å². The third-order valence-electron chi connectivity index (χ3n) is 5.43. The number of guanidine groups is 1. The summed E-state index contributed by atoms with van der Waals surface area (Å²) in [5, 5.41) is 17.4. The Morgan fingerprint density at radius 2 is 2.10 bits per heavy atom. The van der Waals surface area contributed by atoms with E-state index in [1.54, 1.807) is 20.1 Å². The van der Waals surface area contributed by atoms with Crippen molar-refractivity contribution in [2.45, 2.75) is 32.8 Å². The van der Waals surface area contributed by atoms with Crippen molar-refractivity contribution in [3.05, 3.63) is 47.9 Å². The van der Waals surface area contributed by atoms with Crippen molar-refractivity contribution in [2.75, 3.05) is 44.7 Å². The average molecular weight is 415 g/mol. The molecule has 164 valence electrons. The van der Waals surface area contributed by atoms with E-state index in [0.29, 0.717) is 17.6 Å². The minimum Gasteiger partial charge on any atom is -0.495 e. The first kappa shape index (κ1) is 22.0. The van der Waals surface area contributed by atoms with Crippen LogP contribution >= 0.6 is 0 Å². The Hall–Kier alpha value is -2.67. The van der Waals surface area contributed by atoms with Gasteiger partial charge in [0.15, 0.2) is 5.96 Å². The van der Waals surface area contributed by atoms with Gasteiger partial charge in [-0.05, 0) is 57.4 Å². The molecule has 3 rings (SSSR count). The number of para-hydroxylation sites is 2. The Labute approximate surface area is 179 Å². The van der Waals surface area contributed by atoms with Crippen LogP contribution in [0, 0.1) is 12.8 Å². The lowest BCUT2D eigenvalue weighted by Gasteiger charge is -2.22. The molecule has 1 aromatic heterocycles. The molecule has 1 aliphatic heterocycles. The van der Waals surface area contributed by atoms with Gasteiger partial charge in [0.05, 0.1) is 19.3 Å². The molecule has 30 heavy (non-hydrogen) atoms. The number of methoxy groups -OCH3 is 1. The van der Waals surface area contributed by atoms with Crippen LogP contribution in [0.1, 0.15) is 31.8 Å². The maximum atomic E-state index is 10.7. The molecule has 2 atom stereocenters. The average Bonchev–Trinajstić information content (AvgIpc) is 3.39. The summed E-state index contributed by atoms with van der Waals surface area (Å²) < 4.78 is 11.1. The molecule has 7 nitrogen and oxygen atoms in total. The van der Waals surface area contributed by atoms with Crippen LogP contribution in [0.3, 0.4) is 0 Å². The number of benzene rings is 1. The van der Waals surface area contributed by atoms with Gasteiger partial charge < -0.3 is 29.8 Å². The van der Waals surface area contributed by atoms with E-state index in [4.69, 9.17) is 9.15 Å². The summed E-state index contributed by atoms with van der Waals surface area (Å²) in [4.78, 5) is 6.96. The van der Waals surface area contributed by atoms with Crippen molar-refractivity contribution < 1.29 is 14.3 Å². The molecule has 0 aliphatic carbocycles. The minimum absolute atomic E-state index is 0.216. The summed E-state index contributed by atoms with van der Waals surface area (Å²) in [6.07, 6.45) is 1.11. The topological polar surface area (TPSA) is 82.3 Å². The molecule has 0 amide bonds. The first-order valence-electron chi connectivity index (χ1n) is 10.6. The van der Waals surface area contributed by atoms with Crippen LogP contribution in [0.15, 0.2) is 45.8 Å². The summed E-state index contributed by atoms with van der Waals surface area (Å²) in [5.74, 6) is 3.43. The molecule has 7 heteroatoms. The zero-order valence-corrected chi connectivity index (χ0v) is 18.4. The van der Waals surface area contributed by atoms with Crippen molar-refractivity contribution in [1.82, 2.24) is 10.6 Å². The van der Waals surface area contributed by atoms with Crippen LogP contribution in [-0.2, 0) is 5.60 Å². The quantitative estimate of drug-likeness (QED) is 0.455. The van der Waals surface area contributed by atoms with Gasteiger partial charge in [0, 0.05) is 26.2 Å². The highest BCUT2D eigenvalue weighted by Gasteiger charge is 2.27. The van der Waals surface area contributed by atoms with Crippen LogP contribution < -0.4 is 20.3 Å². The Morgan fingerprint density at radius 1 is 1.30 bits per heavy atom. The standard InChI is InChI=1S/C23H34N4O3/c1-5-24-22(26-16-23(3,28)21-11-10-17(2)30-21)25-14-18-12-13-27(15-18)19-8-6-7-9-20(19)29-4/h6-11,18,28H,5,12-16H2,1-4H3,(H2,24,25,26). The lowest BCUT2D eigenvalue weighted by Crippen LogP contribution is -2.41. The maximum absolute atomic E-state index is 10.7. The second-order valence-corrected chi connectivity index (χ2v) is 8.03. The molecule has 2 unspecified atom stereocenters. The molecular formula is C23H34N4O3. The highest BCUT2D eigenvalue weighted by atomic mass is 16.5. The Kier molecular flexibility index (Phi) is 7.26. The molecule has 0 spiro atoms. The van der Waals surface area contributed by atoms with Gasteiger partial charge in [-0.3, -0.25) is 0 Å². The normalized spacial score (nSPS) is 18.9. The monoisotopic (exact) mass is 414 g/mol. The molecule has 2 aromatic rings. The van der Waals surface area contributed by atoms with Gasteiger partial charge in [0.25, 0.3) is 0 Å². The number of nitrogens with zero attached hydrogens (tertiary/aromatic N) is 2. The number of anilines is 1. The fourth-order valence-electron chi connectivity index (χ4n) is 3.73. The maximum Gasteiger partial charge on any atom is 0.191 e. The number of nitrogens with one attached hydrogen (secondary N) is 2. The first-order chi connectivity index (χ1) is 14.4. The number of rotatable bonds is 8. The van der Waals surface area contributed by atoms with Crippen LogP contribution in [0.5, 0.6) is 5.75 Å². The molecule has 0 bridgehead atoms. The second kappa shape index (κ2) is 9.89. The first-order valence-corrected chi connectivity index (χ1v) is 10.6. The van der Waals surface area contributed by atoms with Gasteiger partial charge >= 0.3 is 0 Å². The van der Waals surface area contributed by atoms with E-state index in [9.17, 15) is 5.11 Å². The summed E-state index contributed by atoms with van der Waals surface area (Å²) >= 11 is 0. The van der Waals surface area contributed by atoms with Crippen LogP contribution in [0.25, 0.3) is 0 Å². The Balaban J connectivity index is 1.56. The summed E-state index contributed by atoms with van der Waals surface area (Å²) in [6, 6.07) is 11.8. The number of aliphatic hydroxyl groups is 1. The van der Waals surface area contributed by atoms with E-state index in [1.165, 1.54) is 0 Å². The molecule has 2 heterocycles. The summed E-state index contributed by atoms with van der Waals surface area (Å²) in [6.45, 7) is 9.39. The second-order valence-electron chi connectivity index (χ2n) is 8.03. The number of hydrogen-bond acceptors (Lipinski definition) is 5. The van der Waals surface area contributed by atoms with Crippen molar-refractivity contribution >= 4 is 11.6 Å². The van der Waals surface area contributed by atoms with E-state index in [-0.39, 0.29) is 6.54 Å². The number of ether oxygens (including phenoxy) is 1. The summed E-state index contributed by atoms with van der Waals surface area (Å²) in [5.41, 5.74) is -0.00201. The van der Waals surface area contributed by atoms with Gasteiger partial charge in [-0.1, -0.05) is 12.1 Å². The van der Waals surface area contributed by atoms with Crippen molar-refractivity contribution in [2.24, 2.45) is 10.9 Å². The van der Waals surface area contributed by atoms with E-state index < -0.39 is 5.60 Å². The van der Waals surface area contributed by atoms with Gasteiger partial charge in [-0.15, -0.1) is 0 Å². The summed E-state index contributed by atoms with van der Waals surface area (Å²) in [7, 11) is 1.71. The molecule has 3 N–H and O–H groups in total. The van der Waals surface area contributed by atoms with Gasteiger partial charge in [0.1, 0.15) is 22.9 Å². The van der Waals surface area contributed by atoms with Crippen LogP contribution in [-0.4, -0.2) is 50.9 Å². The van der Waals surface area contributed by atoms with Gasteiger partial charge in [0.2, 0.25) is 0 Å². The van der Waals surface area contributed by atoms with Gasteiger partial charge in [-0.25, -0.2) is 4.99 Å². The van der Waals surface area contributed by atoms with E-state index in [0.717, 1.165) is 49.8 Å². The van der Waals surface area contributed by atoms with E-state index in [1.807, 2.05) is 38.1 Å². The lowest BCUT2D eigenvalue weighted by atomic mass is 10.0. The Bertz CT molecular complexity index is 846. The highest BCUT2D eigenvalue weighted by Crippen LogP contribution is 2.31. The predicted octanol–water partition coefficient (Wildman–Crippen LogP) is 2.89. The molecule has 1 aromatic carbocycles. The Morgan fingerprint density at radius 3 is 2.80 bits per heavy atom. The van der Waals surface area contributed by atoms with Crippen LogP contribution in [0.4, 0.5) is 5.69 Å².